The van der Waals surface area contributed by atoms with Gasteiger partial charge in [0.05, 0.1) is 16.6 Å². The Kier molecular flexibility index (Phi) is 5.03. The first-order valence-corrected chi connectivity index (χ1v) is 5.89. The van der Waals surface area contributed by atoms with Crippen molar-refractivity contribution in [2.45, 2.75) is 19.8 Å². The fourth-order valence-corrected chi connectivity index (χ4v) is 1.77. The van der Waals surface area contributed by atoms with Gasteiger partial charge < -0.3 is 9.72 Å². The fraction of sp³-hybridized carbons (Fsp3) is 0.400. The van der Waals surface area contributed by atoms with Crippen LogP contribution in [0.2, 0.25) is 0 Å². The van der Waals surface area contributed by atoms with E-state index in [1.165, 1.54) is 0 Å². The summed E-state index contributed by atoms with van der Waals surface area (Å²) < 4.78 is 29.8. The lowest BCUT2D eigenvalue weighted by Crippen LogP contribution is -2.18. The van der Waals surface area contributed by atoms with Crippen molar-refractivity contribution in [1.82, 2.24) is 4.98 Å². The summed E-state index contributed by atoms with van der Waals surface area (Å²) in [4.78, 5) is 24.9. The van der Waals surface area contributed by atoms with Crippen LogP contribution in [0.25, 0.3) is 0 Å². The number of pyridine rings is 1. The first-order chi connectivity index (χ1) is 7.95. The van der Waals surface area contributed by atoms with Crippen LogP contribution in [0.5, 0.6) is 0 Å². The van der Waals surface area contributed by atoms with Crippen LogP contribution in [0.1, 0.15) is 24.6 Å². The molecule has 1 aromatic heterocycles. The summed E-state index contributed by atoms with van der Waals surface area (Å²) >= 11 is 1.55. The second-order valence-electron chi connectivity index (χ2n) is 3.18. The van der Waals surface area contributed by atoms with Crippen LogP contribution < -0.4 is 5.56 Å². The molecule has 0 atom stereocenters. The first kappa shape index (κ1) is 14.1. The summed E-state index contributed by atoms with van der Waals surface area (Å²) in [7, 11) is 0. The number of esters is 1. The number of aromatic amines is 1. The number of carbonyl (C=O) groups excluding carboxylic acids is 1. The van der Waals surface area contributed by atoms with Crippen molar-refractivity contribution in [2.24, 2.45) is 0 Å². The van der Waals surface area contributed by atoms with E-state index in [0.717, 1.165) is 6.07 Å². The number of hydrogen-bond acceptors (Lipinski definition) is 3. The van der Waals surface area contributed by atoms with Crippen molar-refractivity contribution in [3.8, 4) is 0 Å². The zero-order valence-corrected chi connectivity index (χ0v) is 11.1. The van der Waals surface area contributed by atoms with Gasteiger partial charge in [-0.3, -0.25) is 9.59 Å². The highest BCUT2D eigenvalue weighted by atomic mass is 127. The molecule has 0 saturated heterocycles. The fourth-order valence-electron chi connectivity index (χ4n) is 1.24. The molecular formula is C10H10F2INO3. The van der Waals surface area contributed by atoms with Crippen molar-refractivity contribution < 1.29 is 18.3 Å². The van der Waals surface area contributed by atoms with Gasteiger partial charge in [-0.25, -0.2) is 8.78 Å². The molecule has 1 heterocycles. The van der Waals surface area contributed by atoms with Gasteiger partial charge in [0, 0.05) is 11.3 Å². The topological polar surface area (TPSA) is 59.2 Å². The standard InChI is InChI=1S/C10H10F2INO3/c1-2-17-7(15)4-5-3-6(9(11)12)8(13)10(16)14-5/h3,9H,2,4H2,1H3,(H,14,16). The summed E-state index contributed by atoms with van der Waals surface area (Å²) in [6, 6.07) is 1.12. The van der Waals surface area contributed by atoms with Crippen molar-refractivity contribution in [2.75, 3.05) is 6.61 Å². The number of alkyl halides is 2. The monoisotopic (exact) mass is 357 g/mol. The third kappa shape index (κ3) is 3.76. The molecule has 4 nitrogen and oxygen atoms in total. The number of halogens is 3. The second-order valence-corrected chi connectivity index (χ2v) is 4.25. The highest BCUT2D eigenvalue weighted by Crippen LogP contribution is 2.22. The molecule has 0 saturated carbocycles. The Hall–Kier alpha value is -0.990. The summed E-state index contributed by atoms with van der Waals surface area (Å²) in [5.41, 5.74) is -0.861. The molecule has 0 fully saturated rings. The zero-order valence-electron chi connectivity index (χ0n) is 8.93. The Morgan fingerprint density at radius 3 is 2.76 bits per heavy atom. The van der Waals surface area contributed by atoms with Gasteiger partial charge in [-0.05, 0) is 35.6 Å². The first-order valence-electron chi connectivity index (χ1n) is 4.81. The molecule has 1 aromatic rings. The molecule has 0 amide bonds. The van der Waals surface area contributed by atoms with E-state index in [4.69, 9.17) is 0 Å². The molecule has 1 N–H and O–H groups in total. The minimum atomic E-state index is -2.75. The average molecular weight is 357 g/mol. The molecule has 0 aliphatic heterocycles. The van der Waals surface area contributed by atoms with Crippen molar-refractivity contribution in [1.29, 1.82) is 0 Å². The van der Waals surface area contributed by atoms with E-state index < -0.39 is 18.0 Å². The van der Waals surface area contributed by atoms with Gasteiger partial charge in [0.2, 0.25) is 0 Å². The third-order valence-electron chi connectivity index (χ3n) is 1.93. The molecule has 0 unspecified atom stereocenters. The molecule has 0 aliphatic carbocycles. The van der Waals surface area contributed by atoms with Crippen LogP contribution in [0, 0.1) is 3.57 Å². The number of nitrogens with one attached hydrogen (secondary N) is 1. The Labute approximate surface area is 110 Å². The molecule has 0 radical (unpaired) electrons. The molecule has 94 valence electrons. The summed E-state index contributed by atoms with van der Waals surface area (Å²) in [6.07, 6.45) is -2.97. The number of rotatable bonds is 4. The Bertz CT molecular complexity index is 473. The van der Waals surface area contributed by atoms with Gasteiger partial charge in [-0.15, -0.1) is 0 Å². The summed E-state index contributed by atoms with van der Waals surface area (Å²) in [5, 5.41) is 0. The molecule has 17 heavy (non-hydrogen) atoms. The number of hydrogen-bond donors (Lipinski definition) is 1. The Morgan fingerprint density at radius 2 is 2.24 bits per heavy atom. The number of ether oxygens (including phenoxy) is 1. The van der Waals surface area contributed by atoms with Gasteiger partial charge >= 0.3 is 5.97 Å². The van der Waals surface area contributed by atoms with Crippen molar-refractivity contribution in [3.63, 3.8) is 0 Å². The Morgan fingerprint density at radius 1 is 1.59 bits per heavy atom. The molecule has 1 rings (SSSR count). The maximum Gasteiger partial charge on any atom is 0.311 e. The minimum absolute atomic E-state index is 0.0646. The summed E-state index contributed by atoms with van der Waals surface area (Å²) in [6.45, 7) is 1.84. The van der Waals surface area contributed by atoms with Crippen LogP contribution in [0.3, 0.4) is 0 Å². The number of carbonyl (C=O) groups is 1. The highest BCUT2D eigenvalue weighted by Gasteiger charge is 2.16. The highest BCUT2D eigenvalue weighted by molar-refractivity contribution is 14.1. The lowest BCUT2D eigenvalue weighted by atomic mass is 10.2. The van der Waals surface area contributed by atoms with Gasteiger partial charge in [0.25, 0.3) is 12.0 Å². The van der Waals surface area contributed by atoms with Gasteiger partial charge in [-0.2, -0.15) is 0 Å². The largest absolute Gasteiger partial charge is 0.466 e. The van der Waals surface area contributed by atoms with E-state index in [2.05, 4.69) is 9.72 Å². The van der Waals surface area contributed by atoms with Crippen LogP contribution in [0.4, 0.5) is 8.78 Å². The van der Waals surface area contributed by atoms with Crippen LogP contribution in [-0.4, -0.2) is 17.6 Å². The predicted molar refractivity (Wildman–Crippen MR) is 65.1 cm³/mol. The van der Waals surface area contributed by atoms with Crippen LogP contribution in [0.15, 0.2) is 10.9 Å². The Balaban J connectivity index is 3.03. The molecule has 0 aromatic carbocycles. The maximum atomic E-state index is 12.6. The summed E-state index contributed by atoms with van der Waals surface area (Å²) in [5.74, 6) is -0.565. The molecule has 0 bridgehead atoms. The molecule has 7 heteroatoms. The van der Waals surface area contributed by atoms with Crippen LogP contribution >= 0.6 is 22.6 Å². The van der Waals surface area contributed by atoms with Crippen molar-refractivity contribution >= 4 is 28.6 Å². The van der Waals surface area contributed by atoms with E-state index >= 15 is 0 Å². The minimum Gasteiger partial charge on any atom is -0.466 e. The van der Waals surface area contributed by atoms with Crippen LogP contribution in [-0.2, 0) is 16.0 Å². The predicted octanol–water partition coefficient (Wildman–Crippen LogP) is 2.02. The SMILES string of the molecule is CCOC(=O)Cc1cc(C(F)F)c(I)c(=O)[nH]1. The van der Waals surface area contributed by atoms with Gasteiger partial charge in [-0.1, -0.05) is 0 Å². The van der Waals surface area contributed by atoms with E-state index in [-0.39, 0.29) is 27.9 Å². The number of H-pyrrole nitrogens is 1. The smallest absolute Gasteiger partial charge is 0.311 e. The van der Waals surface area contributed by atoms with E-state index in [9.17, 15) is 18.4 Å². The lowest BCUT2D eigenvalue weighted by Gasteiger charge is -2.06. The van der Waals surface area contributed by atoms with E-state index in [1.807, 2.05) is 0 Å². The zero-order chi connectivity index (χ0) is 13.0. The lowest BCUT2D eigenvalue weighted by molar-refractivity contribution is -0.142. The van der Waals surface area contributed by atoms with Crippen molar-refractivity contribution in [3.05, 3.63) is 31.2 Å². The normalized spacial score (nSPS) is 10.6. The van der Waals surface area contributed by atoms with E-state index in [1.54, 1.807) is 29.5 Å². The second kappa shape index (κ2) is 6.08. The maximum absolute atomic E-state index is 12.6. The third-order valence-corrected chi connectivity index (χ3v) is 3.04. The quantitative estimate of drug-likeness (QED) is 0.663. The molecule has 0 aliphatic rings. The average Bonchev–Trinajstić information content (AvgIpc) is 2.23. The number of aromatic nitrogens is 1. The van der Waals surface area contributed by atoms with Gasteiger partial charge in [0.1, 0.15) is 0 Å². The van der Waals surface area contributed by atoms with Gasteiger partial charge in [0.15, 0.2) is 0 Å². The molecular weight excluding hydrogens is 347 g/mol. The van der Waals surface area contributed by atoms with E-state index in [0.29, 0.717) is 0 Å². The molecule has 0 spiro atoms.